The lowest BCUT2D eigenvalue weighted by Crippen LogP contribution is -2.47. The summed E-state index contributed by atoms with van der Waals surface area (Å²) < 4.78 is 65.6. The van der Waals surface area contributed by atoms with Crippen LogP contribution in [0.2, 0.25) is 0 Å². The summed E-state index contributed by atoms with van der Waals surface area (Å²) in [5.74, 6) is 0.833. The highest BCUT2D eigenvalue weighted by atomic mass is 32.2. The number of aliphatic hydroxyl groups excluding tert-OH is 2. The van der Waals surface area contributed by atoms with E-state index in [1.54, 1.807) is 18.2 Å². The normalized spacial score (nSPS) is 20.4. The largest absolute Gasteiger partial charge is 0.491 e. The minimum Gasteiger partial charge on any atom is -0.491 e. The number of aliphatic hydroxyl groups is 2. The van der Waals surface area contributed by atoms with Gasteiger partial charge >= 0.3 is 0 Å². The molecule has 13 nitrogen and oxygen atoms in total. The van der Waals surface area contributed by atoms with Crippen LogP contribution in [-0.2, 0) is 24.8 Å². The van der Waals surface area contributed by atoms with Crippen LogP contribution >= 0.6 is 0 Å². The first-order valence-electron chi connectivity index (χ1n) is 13.1. The molecule has 4 rings (SSSR count). The van der Waals surface area contributed by atoms with Gasteiger partial charge in [-0.05, 0) is 50.6 Å². The summed E-state index contributed by atoms with van der Waals surface area (Å²) in [6.07, 6.45) is 2.32. The molecule has 3 heterocycles. The molecule has 0 saturated carbocycles. The van der Waals surface area contributed by atoms with Crippen molar-refractivity contribution in [1.82, 2.24) is 19.3 Å². The Hall–Kier alpha value is -2.37. The zero-order valence-electron chi connectivity index (χ0n) is 22.3. The average molecular weight is 600 g/mol. The first-order valence-corrected chi connectivity index (χ1v) is 16.0. The van der Waals surface area contributed by atoms with Crippen molar-refractivity contribution in [2.24, 2.45) is 0 Å². The van der Waals surface area contributed by atoms with E-state index in [0.717, 1.165) is 0 Å². The van der Waals surface area contributed by atoms with Crippen LogP contribution in [0.4, 0.5) is 5.82 Å². The number of rotatable bonds is 13. The number of sulfonamides is 2. The highest BCUT2D eigenvalue weighted by Crippen LogP contribution is 2.37. The van der Waals surface area contributed by atoms with Crippen LogP contribution in [0.3, 0.4) is 0 Å². The standard InChI is InChI=1S/C25H37N5O8S2/c1-26-39(33,34)22-4-2-3-21(13-22)37-18-20(32)15-28-19-14-25(38-17-19)7-10-30(11-8-25)40(35,36)23-5-6-24(29-16-23)27-9-12-31/h2-6,13,16,19-20,26,28,31-32H,7-12,14-15,17-18H2,1H3,(H,27,29). The van der Waals surface area contributed by atoms with Crippen LogP contribution < -0.4 is 20.1 Å². The maximum Gasteiger partial charge on any atom is 0.244 e. The third-order valence-corrected chi connectivity index (χ3v) is 10.4. The van der Waals surface area contributed by atoms with Crippen LogP contribution in [0.1, 0.15) is 19.3 Å². The monoisotopic (exact) mass is 599 g/mol. The minimum atomic E-state index is -3.68. The highest BCUT2D eigenvalue weighted by Gasteiger charge is 2.44. The first-order chi connectivity index (χ1) is 19.1. The summed E-state index contributed by atoms with van der Waals surface area (Å²) >= 11 is 0. The molecule has 2 unspecified atom stereocenters. The Kier molecular flexibility index (Phi) is 10.00. The molecule has 15 heteroatoms. The highest BCUT2D eigenvalue weighted by molar-refractivity contribution is 7.89. The summed E-state index contributed by atoms with van der Waals surface area (Å²) in [5, 5.41) is 25.5. The van der Waals surface area contributed by atoms with Crippen LogP contribution in [0.5, 0.6) is 5.75 Å². The van der Waals surface area contributed by atoms with Crippen molar-refractivity contribution in [3.63, 3.8) is 0 Å². The molecule has 1 aromatic heterocycles. The van der Waals surface area contributed by atoms with E-state index in [4.69, 9.17) is 14.6 Å². The quantitative estimate of drug-likeness (QED) is 0.205. The van der Waals surface area contributed by atoms with Crippen molar-refractivity contribution < 1.29 is 36.5 Å². The van der Waals surface area contributed by atoms with Gasteiger partial charge in [-0.3, -0.25) is 0 Å². The molecule has 2 atom stereocenters. The number of nitrogens with one attached hydrogen (secondary N) is 3. The molecular weight excluding hydrogens is 562 g/mol. The molecule has 0 radical (unpaired) electrons. The molecule has 5 N–H and O–H groups in total. The SMILES string of the molecule is CNS(=O)(=O)c1cccc(OCC(O)CNC2COC3(CCN(S(=O)(=O)c4ccc(NCCO)nc4)CC3)C2)c1. The zero-order valence-corrected chi connectivity index (χ0v) is 24.0. The fourth-order valence-corrected chi connectivity index (χ4v) is 6.98. The Labute approximate surface area is 235 Å². The molecule has 2 aromatic rings. The van der Waals surface area contributed by atoms with E-state index < -0.39 is 31.8 Å². The van der Waals surface area contributed by atoms with Crippen molar-refractivity contribution in [3.05, 3.63) is 42.6 Å². The van der Waals surface area contributed by atoms with E-state index in [0.29, 0.717) is 57.1 Å². The Balaban J connectivity index is 1.22. The van der Waals surface area contributed by atoms with E-state index in [-0.39, 0.29) is 35.6 Å². The molecular formula is C25H37N5O8S2. The summed E-state index contributed by atoms with van der Waals surface area (Å²) in [6.45, 7) is 1.64. The minimum absolute atomic E-state index is 0.00470. The lowest BCUT2D eigenvalue weighted by molar-refractivity contribution is -0.0312. The fourth-order valence-electron chi connectivity index (χ4n) is 4.83. The second kappa shape index (κ2) is 13.1. The van der Waals surface area contributed by atoms with Crippen LogP contribution in [-0.4, -0.2) is 107 Å². The van der Waals surface area contributed by atoms with E-state index in [9.17, 15) is 21.9 Å². The maximum atomic E-state index is 13.1. The van der Waals surface area contributed by atoms with Gasteiger partial charge in [0.15, 0.2) is 0 Å². The van der Waals surface area contributed by atoms with E-state index >= 15 is 0 Å². The van der Waals surface area contributed by atoms with Gasteiger partial charge < -0.3 is 30.3 Å². The van der Waals surface area contributed by atoms with Gasteiger partial charge in [-0.2, -0.15) is 4.31 Å². The third-order valence-electron chi connectivity index (χ3n) is 7.10. The molecule has 222 valence electrons. The summed E-state index contributed by atoms with van der Waals surface area (Å²) in [4.78, 5) is 4.32. The summed E-state index contributed by atoms with van der Waals surface area (Å²) in [7, 11) is -5.94. The van der Waals surface area contributed by atoms with Crippen molar-refractivity contribution in [2.45, 2.75) is 46.8 Å². The lowest BCUT2D eigenvalue weighted by atomic mass is 9.88. The van der Waals surface area contributed by atoms with Crippen LogP contribution in [0, 0.1) is 0 Å². The number of anilines is 1. The molecule has 2 aliphatic rings. The van der Waals surface area contributed by atoms with E-state index in [2.05, 4.69) is 20.3 Å². The summed E-state index contributed by atoms with van der Waals surface area (Å²) in [6, 6.07) is 9.14. The predicted molar refractivity (Wildman–Crippen MR) is 147 cm³/mol. The number of hydrogen-bond donors (Lipinski definition) is 5. The van der Waals surface area contributed by atoms with Crippen molar-refractivity contribution >= 4 is 25.9 Å². The molecule has 2 aliphatic heterocycles. The molecule has 2 saturated heterocycles. The van der Waals surface area contributed by atoms with Crippen LogP contribution in [0.15, 0.2) is 52.4 Å². The number of benzene rings is 1. The van der Waals surface area contributed by atoms with Crippen molar-refractivity contribution in [2.75, 3.05) is 58.4 Å². The average Bonchev–Trinajstić information content (AvgIpc) is 3.36. The van der Waals surface area contributed by atoms with Gasteiger partial charge in [0, 0.05) is 44.5 Å². The molecule has 40 heavy (non-hydrogen) atoms. The number of ether oxygens (including phenoxy) is 2. The molecule has 0 amide bonds. The van der Waals surface area contributed by atoms with Gasteiger partial charge in [0.25, 0.3) is 0 Å². The van der Waals surface area contributed by atoms with Gasteiger partial charge in [0.2, 0.25) is 20.0 Å². The number of aromatic nitrogens is 1. The molecule has 2 fully saturated rings. The number of nitrogens with zero attached hydrogens (tertiary/aromatic N) is 2. The first kappa shape index (κ1) is 30.6. The van der Waals surface area contributed by atoms with Gasteiger partial charge in [-0.15, -0.1) is 0 Å². The Morgan fingerprint density at radius 3 is 2.62 bits per heavy atom. The van der Waals surface area contributed by atoms with Crippen molar-refractivity contribution in [1.29, 1.82) is 0 Å². The van der Waals surface area contributed by atoms with E-state index in [1.165, 1.54) is 35.7 Å². The van der Waals surface area contributed by atoms with E-state index in [1.807, 2.05) is 0 Å². The third kappa shape index (κ3) is 7.47. The van der Waals surface area contributed by atoms with Gasteiger partial charge in [0.1, 0.15) is 29.2 Å². The van der Waals surface area contributed by atoms with Gasteiger partial charge in [0.05, 0.1) is 23.7 Å². The molecule has 0 bridgehead atoms. The lowest BCUT2D eigenvalue weighted by Gasteiger charge is -2.38. The number of pyridine rings is 1. The summed E-state index contributed by atoms with van der Waals surface area (Å²) in [5.41, 5.74) is -0.416. The number of piperidine rings is 1. The fraction of sp³-hybridized carbons (Fsp3) is 0.560. The zero-order chi connectivity index (χ0) is 28.8. The second-order valence-corrected chi connectivity index (χ2v) is 13.7. The molecule has 1 spiro atoms. The molecule has 0 aliphatic carbocycles. The predicted octanol–water partition coefficient (Wildman–Crippen LogP) is -0.264. The Morgan fingerprint density at radius 2 is 1.95 bits per heavy atom. The Bertz CT molecular complexity index is 1330. The second-order valence-electron chi connectivity index (χ2n) is 9.88. The van der Waals surface area contributed by atoms with Crippen LogP contribution in [0.25, 0.3) is 0 Å². The number of hydrogen-bond acceptors (Lipinski definition) is 11. The smallest absolute Gasteiger partial charge is 0.244 e. The maximum absolute atomic E-state index is 13.1. The van der Waals surface area contributed by atoms with Crippen molar-refractivity contribution in [3.8, 4) is 5.75 Å². The Morgan fingerprint density at radius 1 is 1.18 bits per heavy atom. The molecule has 1 aromatic carbocycles. The van der Waals surface area contributed by atoms with Gasteiger partial charge in [-0.1, -0.05) is 6.07 Å². The van der Waals surface area contributed by atoms with Gasteiger partial charge in [-0.25, -0.2) is 26.5 Å². The topological polar surface area (TPSA) is 179 Å².